The molecule has 1 aromatic carbocycles. The second kappa shape index (κ2) is 6.78. The minimum atomic E-state index is 0.494. The molecule has 2 heterocycles. The van der Waals surface area contributed by atoms with E-state index in [1.54, 1.807) is 0 Å². The molecular weight excluding hydrogens is 326 g/mol. The molecule has 1 N–H and O–H groups in total. The number of benzene rings is 1. The first kappa shape index (κ1) is 15.5. The Balaban J connectivity index is 1.45. The topological polar surface area (TPSA) is 18.5 Å². The number of piperazine rings is 1. The van der Waals surface area contributed by atoms with Gasteiger partial charge in [-0.15, -0.1) is 0 Å². The molecule has 116 valence electrons. The number of rotatable bonds is 4. The van der Waals surface area contributed by atoms with Gasteiger partial charge in [-0.1, -0.05) is 35.0 Å². The molecule has 0 radical (unpaired) electrons. The highest BCUT2D eigenvalue weighted by Crippen LogP contribution is 2.26. The third-order valence-corrected chi connectivity index (χ3v) is 5.38. The van der Waals surface area contributed by atoms with Crippen LogP contribution in [0.25, 0.3) is 0 Å². The van der Waals surface area contributed by atoms with Crippen molar-refractivity contribution < 1.29 is 0 Å². The van der Waals surface area contributed by atoms with Crippen LogP contribution in [0.15, 0.2) is 28.7 Å². The van der Waals surface area contributed by atoms with Crippen LogP contribution in [-0.2, 0) is 6.54 Å². The Kier molecular flexibility index (Phi) is 4.99. The highest BCUT2D eigenvalue weighted by atomic mass is 79.9. The lowest BCUT2D eigenvalue weighted by molar-refractivity contribution is 0.0933. The van der Waals surface area contributed by atoms with Crippen molar-refractivity contribution in [2.45, 2.75) is 19.9 Å². The van der Waals surface area contributed by atoms with E-state index in [-0.39, 0.29) is 0 Å². The third-order valence-electron chi connectivity index (χ3n) is 4.85. The van der Waals surface area contributed by atoms with Crippen LogP contribution < -0.4 is 5.32 Å². The minimum absolute atomic E-state index is 0.494. The molecule has 0 aliphatic carbocycles. The van der Waals surface area contributed by atoms with Crippen molar-refractivity contribution in [1.82, 2.24) is 15.1 Å². The molecule has 2 saturated heterocycles. The van der Waals surface area contributed by atoms with Crippen molar-refractivity contribution in [3.8, 4) is 0 Å². The van der Waals surface area contributed by atoms with Gasteiger partial charge in [0.05, 0.1) is 0 Å². The Morgan fingerprint density at radius 3 is 2.38 bits per heavy atom. The molecule has 3 nitrogen and oxygen atoms in total. The van der Waals surface area contributed by atoms with Crippen molar-refractivity contribution in [3.63, 3.8) is 0 Å². The summed E-state index contributed by atoms with van der Waals surface area (Å²) in [5.74, 6) is 0. The molecule has 2 aliphatic rings. The zero-order valence-corrected chi connectivity index (χ0v) is 14.5. The molecule has 1 aromatic rings. The first-order valence-electron chi connectivity index (χ1n) is 8.03. The highest BCUT2D eigenvalue weighted by Gasteiger charge is 2.31. The highest BCUT2D eigenvalue weighted by molar-refractivity contribution is 9.10. The monoisotopic (exact) mass is 351 g/mol. The van der Waals surface area contributed by atoms with E-state index in [2.05, 4.69) is 62.2 Å². The van der Waals surface area contributed by atoms with Gasteiger partial charge in [-0.3, -0.25) is 4.90 Å². The van der Waals surface area contributed by atoms with Gasteiger partial charge in [0.25, 0.3) is 0 Å². The predicted molar refractivity (Wildman–Crippen MR) is 91.5 cm³/mol. The fourth-order valence-electron chi connectivity index (χ4n) is 3.50. The molecule has 2 fully saturated rings. The van der Waals surface area contributed by atoms with Gasteiger partial charge in [-0.25, -0.2) is 0 Å². The summed E-state index contributed by atoms with van der Waals surface area (Å²) < 4.78 is 1.16. The molecule has 0 spiro atoms. The van der Waals surface area contributed by atoms with E-state index >= 15 is 0 Å². The maximum absolute atomic E-state index is 3.51. The summed E-state index contributed by atoms with van der Waals surface area (Å²) in [6.45, 7) is 12.0. The first-order valence-corrected chi connectivity index (χ1v) is 8.82. The largest absolute Gasteiger partial charge is 0.316 e. The van der Waals surface area contributed by atoms with E-state index in [0.717, 1.165) is 11.0 Å². The number of halogens is 1. The molecule has 0 saturated carbocycles. The summed E-state index contributed by atoms with van der Waals surface area (Å²) >= 11 is 3.50. The van der Waals surface area contributed by atoms with Gasteiger partial charge in [-0.05, 0) is 36.1 Å². The van der Waals surface area contributed by atoms with Crippen LogP contribution in [0, 0.1) is 5.41 Å². The Bertz CT molecular complexity index is 446. The number of nitrogens with one attached hydrogen (secondary N) is 1. The van der Waals surface area contributed by atoms with E-state index in [4.69, 9.17) is 0 Å². The maximum Gasteiger partial charge on any atom is 0.0234 e. The van der Waals surface area contributed by atoms with Crippen molar-refractivity contribution in [1.29, 1.82) is 0 Å². The normalized spacial score (nSPS) is 28.1. The van der Waals surface area contributed by atoms with Crippen LogP contribution in [0.4, 0.5) is 0 Å². The fraction of sp³-hybridized carbons (Fsp3) is 0.647. The first-order chi connectivity index (χ1) is 10.1. The molecule has 4 heteroatoms. The van der Waals surface area contributed by atoms with Gasteiger partial charge in [0.15, 0.2) is 0 Å². The molecule has 3 rings (SSSR count). The minimum Gasteiger partial charge on any atom is -0.316 e. The SMILES string of the molecule is CC1(CN2CCN(Cc3ccc(Br)cc3)CC2)CCNC1. The zero-order chi connectivity index (χ0) is 14.7. The molecule has 1 atom stereocenters. The number of hydrogen-bond donors (Lipinski definition) is 1. The van der Waals surface area contributed by atoms with E-state index < -0.39 is 0 Å². The van der Waals surface area contributed by atoms with Crippen LogP contribution in [0.3, 0.4) is 0 Å². The van der Waals surface area contributed by atoms with Crippen molar-refractivity contribution in [2.24, 2.45) is 5.41 Å². The third kappa shape index (κ3) is 4.28. The van der Waals surface area contributed by atoms with Crippen molar-refractivity contribution in [2.75, 3.05) is 45.8 Å². The molecule has 0 aromatic heterocycles. The summed E-state index contributed by atoms with van der Waals surface area (Å²) in [5.41, 5.74) is 1.91. The zero-order valence-electron chi connectivity index (χ0n) is 12.9. The lowest BCUT2D eigenvalue weighted by Crippen LogP contribution is -2.49. The Hall–Kier alpha value is -0.420. The fourth-order valence-corrected chi connectivity index (χ4v) is 3.76. The molecule has 2 aliphatic heterocycles. The molecule has 21 heavy (non-hydrogen) atoms. The Labute approximate surface area is 136 Å². The van der Waals surface area contributed by atoms with Gasteiger partial charge in [-0.2, -0.15) is 0 Å². The van der Waals surface area contributed by atoms with Gasteiger partial charge in [0.2, 0.25) is 0 Å². The Morgan fingerprint density at radius 1 is 1.10 bits per heavy atom. The number of nitrogens with zero attached hydrogens (tertiary/aromatic N) is 2. The molecule has 0 bridgehead atoms. The summed E-state index contributed by atoms with van der Waals surface area (Å²) in [6, 6.07) is 8.72. The van der Waals surface area contributed by atoms with E-state index in [1.807, 2.05) is 0 Å². The second-order valence-corrected chi connectivity index (χ2v) is 7.83. The van der Waals surface area contributed by atoms with Crippen LogP contribution in [0.1, 0.15) is 18.9 Å². The summed E-state index contributed by atoms with van der Waals surface area (Å²) in [5, 5.41) is 3.51. The summed E-state index contributed by atoms with van der Waals surface area (Å²) in [6.07, 6.45) is 1.33. The van der Waals surface area contributed by atoms with Gasteiger partial charge >= 0.3 is 0 Å². The molecular formula is C17H26BrN3. The van der Waals surface area contributed by atoms with Crippen molar-refractivity contribution >= 4 is 15.9 Å². The van der Waals surface area contributed by atoms with Crippen LogP contribution in [0.5, 0.6) is 0 Å². The summed E-state index contributed by atoms with van der Waals surface area (Å²) in [4.78, 5) is 5.24. The van der Waals surface area contributed by atoms with Crippen LogP contribution in [0.2, 0.25) is 0 Å². The van der Waals surface area contributed by atoms with E-state index in [1.165, 1.54) is 57.8 Å². The van der Waals surface area contributed by atoms with E-state index in [0.29, 0.717) is 5.41 Å². The van der Waals surface area contributed by atoms with Crippen LogP contribution in [-0.4, -0.2) is 55.6 Å². The predicted octanol–water partition coefficient (Wildman–Crippen LogP) is 2.57. The van der Waals surface area contributed by atoms with Gasteiger partial charge < -0.3 is 10.2 Å². The van der Waals surface area contributed by atoms with Crippen molar-refractivity contribution in [3.05, 3.63) is 34.3 Å². The number of hydrogen-bond acceptors (Lipinski definition) is 3. The van der Waals surface area contributed by atoms with E-state index in [9.17, 15) is 0 Å². The lowest BCUT2D eigenvalue weighted by Gasteiger charge is -2.38. The average Bonchev–Trinajstić information content (AvgIpc) is 2.90. The maximum atomic E-state index is 3.51. The summed E-state index contributed by atoms with van der Waals surface area (Å²) in [7, 11) is 0. The lowest BCUT2D eigenvalue weighted by atomic mass is 9.89. The van der Waals surface area contributed by atoms with Gasteiger partial charge in [0, 0.05) is 50.3 Å². The quantitative estimate of drug-likeness (QED) is 0.899. The smallest absolute Gasteiger partial charge is 0.0234 e. The van der Waals surface area contributed by atoms with Gasteiger partial charge in [0.1, 0.15) is 0 Å². The van der Waals surface area contributed by atoms with Crippen LogP contribution >= 0.6 is 15.9 Å². The molecule has 1 unspecified atom stereocenters. The molecule has 0 amide bonds. The Morgan fingerprint density at radius 2 is 1.76 bits per heavy atom. The second-order valence-electron chi connectivity index (χ2n) is 6.92. The standard InChI is InChI=1S/C17H26BrN3/c1-17(6-7-19-13-17)14-21-10-8-20(9-11-21)12-15-2-4-16(18)5-3-15/h2-5,19H,6-14H2,1H3. The average molecular weight is 352 g/mol.